The molecule has 2 aromatic carbocycles. The molecule has 0 aliphatic heterocycles. The van der Waals surface area contributed by atoms with Crippen molar-refractivity contribution in [3.05, 3.63) is 63.6 Å². The molecule has 0 bridgehead atoms. The molecule has 3 N–H and O–H groups in total. The van der Waals surface area contributed by atoms with Gasteiger partial charge in [0, 0.05) is 21.6 Å². The van der Waals surface area contributed by atoms with Crippen LogP contribution < -0.4 is 10.8 Å². The maximum absolute atomic E-state index is 12.3. The number of nitrogens with one attached hydrogen (secondary N) is 1. The summed E-state index contributed by atoms with van der Waals surface area (Å²) < 4.78 is 0.979. The van der Waals surface area contributed by atoms with Crippen LogP contribution in [0.1, 0.15) is 33.2 Å². The van der Waals surface area contributed by atoms with E-state index in [2.05, 4.69) is 21.2 Å². The van der Waals surface area contributed by atoms with Crippen LogP contribution in [0.25, 0.3) is 0 Å². The fraction of sp³-hybridized carbons (Fsp3) is 0.176. The summed E-state index contributed by atoms with van der Waals surface area (Å²) >= 11 is 3.41. The van der Waals surface area contributed by atoms with Crippen LogP contribution in [0, 0.1) is 0 Å². The monoisotopic (exact) mass is 389 g/mol. The summed E-state index contributed by atoms with van der Waals surface area (Å²) in [7, 11) is -1.75. The van der Waals surface area contributed by atoms with E-state index in [1.165, 1.54) is 18.2 Å². The van der Waals surface area contributed by atoms with Crippen molar-refractivity contribution in [3.8, 4) is 0 Å². The van der Waals surface area contributed by atoms with Gasteiger partial charge in [-0.2, -0.15) is 0 Å². The Morgan fingerprint density at radius 2 is 2.04 bits per heavy atom. The molecule has 24 heavy (non-hydrogen) atoms. The first-order valence-corrected chi connectivity index (χ1v) is 8.20. The molecule has 0 aromatic heterocycles. The lowest BCUT2D eigenvalue weighted by molar-refractivity contribution is 0.0940. The number of hydrogen-bond acceptors (Lipinski definition) is 4. The molecule has 0 aliphatic rings. The van der Waals surface area contributed by atoms with Crippen molar-refractivity contribution in [3.63, 3.8) is 0 Å². The van der Waals surface area contributed by atoms with E-state index in [-0.39, 0.29) is 23.0 Å². The number of rotatable bonds is 6. The summed E-state index contributed by atoms with van der Waals surface area (Å²) in [4.78, 5) is 23.3. The van der Waals surface area contributed by atoms with Gasteiger partial charge in [-0.15, -0.1) is 0 Å². The van der Waals surface area contributed by atoms with Crippen molar-refractivity contribution in [2.75, 3.05) is 0 Å². The molecule has 0 radical (unpaired) electrons. The van der Waals surface area contributed by atoms with Gasteiger partial charge in [-0.1, -0.05) is 34.1 Å². The maximum Gasteiger partial charge on any atom is 0.489 e. The molecule has 7 heteroatoms. The van der Waals surface area contributed by atoms with Crippen molar-refractivity contribution in [2.24, 2.45) is 0 Å². The van der Waals surface area contributed by atoms with Gasteiger partial charge in [0.1, 0.15) is 6.29 Å². The first kappa shape index (κ1) is 18.4. The van der Waals surface area contributed by atoms with Crippen LogP contribution >= 0.6 is 15.9 Å². The largest absolute Gasteiger partial charge is 0.489 e. The van der Waals surface area contributed by atoms with Gasteiger partial charge in [0.05, 0.1) is 0 Å². The van der Waals surface area contributed by atoms with Gasteiger partial charge in [-0.3, -0.25) is 9.59 Å². The Labute approximate surface area is 149 Å². The molecular formula is C17H17BBrNO4. The van der Waals surface area contributed by atoms with E-state index >= 15 is 0 Å². The van der Waals surface area contributed by atoms with Crippen LogP contribution in [0.3, 0.4) is 0 Å². The first-order chi connectivity index (χ1) is 11.4. The van der Waals surface area contributed by atoms with Crippen molar-refractivity contribution in [2.45, 2.75) is 19.4 Å². The summed E-state index contributed by atoms with van der Waals surface area (Å²) in [6.07, 6.45) is 1.16. The highest BCUT2D eigenvalue weighted by Crippen LogP contribution is 2.13. The van der Waals surface area contributed by atoms with Crippen molar-refractivity contribution in [1.82, 2.24) is 5.32 Å². The lowest BCUT2D eigenvalue weighted by atomic mass is 9.77. The summed E-state index contributed by atoms with van der Waals surface area (Å²) in [5.74, 6) is -0.320. The predicted molar refractivity (Wildman–Crippen MR) is 96.4 cm³/mol. The average Bonchev–Trinajstić information content (AvgIpc) is 2.53. The summed E-state index contributed by atoms with van der Waals surface area (Å²) in [5, 5.41) is 21.2. The van der Waals surface area contributed by atoms with Crippen LogP contribution in [0.15, 0.2) is 46.9 Å². The zero-order chi connectivity index (χ0) is 17.7. The molecule has 0 saturated carbocycles. The van der Waals surface area contributed by atoms with E-state index in [1.54, 1.807) is 0 Å². The summed E-state index contributed by atoms with van der Waals surface area (Å²) in [5.41, 5.74) is 1.54. The number of carbonyl (C=O) groups excluding carboxylic acids is 2. The Morgan fingerprint density at radius 1 is 1.29 bits per heavy atom. The van der Waals surface area contributed by atoms with E-state index in [0.29, 0.717) is 18.3 Å². The second-order valence-corrected chi connectivity index (χ2v) is 6.46. The zero-order valence-corrected chi connectivity index (χ0v) is 14.7. The minimum Gasteiger partial charge on any atom is -0.423 e. The van der Waals surface area contributed by atoms with Gasteiger partial charge in [0.15, 0.2) is 0 Å². The van der Waals surface area contributed by atoms with Crippen LogP contribution in [0.4, 0.5) is 0 Å². The molecule has 0 saturated heterocycles. The van der Waals surface area contributed by atoms with Gasteiger partial charge in [0.2, 0.25) is 0 Å². The number of aldehydes is 1. The van der Waals surface area contributed by atoms with Crippen molar-refractivity contribution >= 4 is 40.7 Å². The lowest BCUT2D eigenvalue weighted by Gasteiger charge is -2.15. The molecule has 1 unspecified atom stereocenters. The Morgan fingerprint density at radius 3 is 2.67 bits per heavy atom. The Hall–Kier alpha value is -1.96. The molecule has 0 aliphatic carbocycles. The third kappa shape index (κ3) is 4.77. The third-order valence-electron chi connectivity index (χ3n) is 3.56. The highest BCUT2D eigenvalue weighted by molar-refractivity contribution is 9.10. The fourth-order valence-electron chi connectivity index (χ4n) is 2.43. The fourth-order valence-corrected chi connectivity index (χ4v) is 2.88. The van der Waals surface area contributed by atoms with Gasteiger partial charge in [-0.05, 0) is 48.6 Å². The third-order valence-corrected chi connectivity index (χ3v) is 4.06. The van der Waals surface area contributed by atoms with Crippen LogP contribution in [-0.4, -0.2) is 35.4 Å². The lowest BCUT2D eigenvalue weighted by Crippen LogP contribution is -2.36. The minimum atomic E-state index is -1.75. The zero-order valence-electron chi connectivity index (χ0n) is 13.1. The summed E-state index contributed by atoms with van der Waals surface area (Å²) in [6.45, 7) is 1.89. The van der Waals surface area contributed by atoms with Gasteiger partial charge < -0.3 is 15.4 Å². The van der Waals surface area contributed by atoms with E-state index < -0.39 is 7.12 Å². The SMILES string of the molecule is CC(Cc1cccc(Br)c1)NC(=O)c1ccc(B(O)O)c(C=O)c1. The second-order valence-electron chi connectivity index (χ2n) is 5.54. The van der Waals surface area contributed by atoms with E-state index in [1.807, 2.05) is 31.2 Å². The molecule has 2 rings (SSSR count). The van der Waals surface area contributed by atoms with E-state index in [0.717, 1.165) is 10.0 Å². The second kappa shape index (κ2) is 8.23. The molecule has 0 fully saturated rings. The van der Waals surface area contributed by atoms with Gasteiger partial charge >= 0.3 is 7.12 Å². The van der Waals surface area contributed by atoms with Crippen molar-refractivity contribution < 1.29 is 19.6 Å². The molecule has 1 amide bonds. The van der Waals surface area contributed by atoms with E-state index in [9.17, 15) is 19.6 Å². The number of hydrogen-bond donors (Lipinski definition) is 3. The smallest absolute Gasteiger partial charge is 0.423 e. The highest BCUT2D eigenvalue weighted by atomic mass is 79.9. The summed E-state index contributed by atoms with van der Waals surface area (Å²) in [6, 6.07) is 11.9. The predicted octanol–water partition coefficient (Wildman–Crippen LogP) is 1.30. The van der Waals surface area contributed by atoms with Gasteiger partial charge in [-0.25, -0.2) is 0 Å². The molecule has 1 atom stereocenters. The molecular weight excluding hydrogens is 373 g/mol. The van der Waals surface area contributed by atoms with Crippen LogP contribution in [0.2, 0.25) is 0 Å². The minimum absolute atomic E-state index is 0.0729. The molecule has 0 heterocycles. The highest BCUT2D eigenvalue weighted by Gasteiger charge is 2.18. The number of amides is 1. The van der Waals surface area contributed by atoms with Crippen LogP contribution in [-0.2, 0) is 6.42 Å². The normalized spacial score (nSPS) is 11.7. The standard InChI is InChI=1S/C17H17BBrNO4/c1-11(7-12-3-2-4-15(19)8-12)20-17(22)13-5-6-16(18(23)24)14(9-13)10-21/h2-6,8-11,23-24H,7H2,1H3,(H,20,22). The Kier molecular flexibility index (Phi) is 6.31. The van der Waals surface area contributed by atoms with Gasteiger partial charge in [0.25, 0.3) is 5.91 Å². The molecule has 2 aromatic rings. The molecule has 0 spiro atoms. The molecule has 124 valence electrons. The Bertz CT molecular complexity index is 751. The topological polar surface area (TPSA) is 86.6 Å². The Balaban J connectivity index is 2.07. The van der Waals surface area contributed by atoms with Crippen molar-refractivity contribution in [1.29, 1.82) is 0 Å². The average molecular weight is 390 g/mol. The maximum atomic E-state index is 12.3. The number of carbonyl (C=O) groups is 2. The molecule has 5 nitrogen and oxygen atoms in total. The van der Waals surface area contributed by atoms with Crippen LogP contribution in [0.5, 0.6) is 0 Å². The quantitative estimate of drug-likeness (QED) is 0.513. The number of benzene rings is 2. The first-order valence-electron chi connectivity index (χ1n) is 7.41. The van der Waals surface area contributed by atoms with E-state index in [4.69, 9.17) is 0 Å². The number of halogens is 1.